The molecule has 2 rings (SSSR count). The van der Waals surface area contributed by atoms with Crippen molar-refractivity contribution in [1.82, 2.24) is 10.2 Å². The number of nitrogens with zero attached hydrogens (tertiary/aromatic N) is 2. The quantitative estimate of drug-likeness (QED) is 0.684. The molecule has 0 saturated carbocycles. The number of rotatable bonds is 3. The Morgan fingerprint density at radius 3 is 2.58 bits per heavy atom. The fourth-order valence-electron chi connectivity index (χ4n) is 2.52. The van der Waals surface area contributed by atoms with Crippen molar-refractivity contribution in [2.24, 2.45) is 0 Å². The molecule has 104 valence electrons. The fourth-order valence-corrected chi connectivity index (χ4v) is 3.05. The van der Waals surface area contributed by atoms with Crippen LogP contribution in [0.5, 0.6) is 0 Å². The zero-order chi connectivity index (χ0) is 14.0. The summed E-state index contributed by atoms with van der Waals surface area (Å²) in [5.41, 5.74) is 1.11. The summed E-state index contributed by atoms with van der Waals surface area (Å²) in [5.74, 6) is 0. The van der Waals surface area contributed by atoms with Gasteiger partial charge in [0.1, 0.15) is 0 Å². The topological polar surface area (TPSA) is 58.4 Å². The summed E-state index contributed by atoms with van der Waals surface area (Å²) in [6.07, 6.45) is 0. The number of nitro groups is 1. The third kappa shape index (κ3) is 3.52. The number of hydrogen-bond acceptors (Lipinski definition) is 4. The average Bonchev–Trinajstić information content (AvgIpc) is 2.33. The normalized spacial score (nSPS) is 24.4. The molecule has 0 amide bonds. The Hall–Kier alpha value is -0.980. The number of piperazine rings is 1. The Morgan fingerprint density at radius 1 is 1.37 bits per heavy atom. The largest absolute Gasteiger partial charge is 0.314 e. The Balaban J connectivity index is 2.20. The first-order valence-corrected chi connectivity index (χ1v) is 7.17. The Bertz CT molecular complexity index is 471. The van der Waals surface area contributed by atoms with Gasteiger partial charge in [0, 0.05) is 48.3 Å². The van der Waals surface area contributed by atoms with Crippen molar-refractivity contribution >= 4 is 21.6 Å². The molecule has 6 heteroatoms. The van der Waals surface area contributed by atoms with Crippen LogP contribution in [-0.2, 0) is 6.54 Å². The van der Waals surface area contributed by atoms with Gasteiger partial charge in [0.15, 0.2) is 0 Å². The van der Waals surface area contributed by atoms with Crippen molar-refractivity contribution < 1.29 is 4.92 Å². The summed E-state index contributed by atoms with van der Waals surface area (Å²) in [6.45, 7) is 7.01. The Labute approximate surface area is 121 Å². The molecule has 0 aliphatic carbocycles. The number of benzene rings is 1. The van der Waals surface area contributed by atoms with Crippen LogP contribution in [0.3, 0.4) is 0 Å². The van der Waals surface area contributed by atoms with E-state index in [2.05, 4.69) is 40.0 Å². The number of non-ortho nitro benzene ring substituents is 1. The first kappa shape index (κ1) is 14.4. The molecule has 0 spiro atoms. The van der Waals surface area contributed by atoms with Crippen molar-refractivity contribution in [2.45, 2.75) is 32.5 Å². The molecule has 1 aliphatic rings. The smallest absolute Gasteiger partial charge is 0.270 e. The molecule has 1 aromatic rings. The molecule has 1 fully saturated rings. The molecular formula is C13H18BrN3O2. The van der Waals surface area contributed by atoms with Gasteiger partial charge in [-0.1, -0.05) is 15.9 Å². The maximum atomic E-state index is 10.9. The highest BCUT2D eigenvalue weighted by molar-refractivity contribution is 9.10. The van der Waals surface area contributed by atoms with Crippen molar-refractivity contribution in [3.8, 4) is 0 Å². The van der Waals surface area contributed by atoms with E-state index in [1.54, 1.807) is 6.07 Å². The standard InChI is InChI=1S/C13H18BrN3O2/c1-9-6-15-7-10(2)16(9)8-11-3-12(14)5-13(4-11)17(18)19/h3-5,9-10,15H,6-8H2,1-2H3. The summed E-state index contributed by atoms with van der Waals surface area (Å²) in [6, 6.07) is 6.01. The van der Waals surface area contributed by atoms with E-state index in [-0.39, 0.29) is 10.6 Å². The summed E-state index contributed by atoms with van der Waals surface area (Å²) in [7, 11) is 0. The van der Waals surface area contributed by atoms with Crippen molar-refractivity contribution in [3.05, 3.63) is 38.3 Å². The first-order valence-electron chi connectivity index (χ1n) is 6.37. The molecule has 1 aliphatic heterocycles. The van der Waals surface area contributed by atoms with E-state index < -0.39 is 0 Å². The number of nitrogens with one attached hydrogen (secondary N) is 1. The van der Waals surface area contributed by atoms with Crippen LogP contribution in [0.15, 0.2) is 22.7 Å². The molecule has 0 radical (unpaired) electrons. The second-order valence-corrected chi connectivity index (χ2v) is 6.02. The van der Waals surface area contributed by atoms with Gasteiger partial charge in [-0.2, -0.15) is 0 Å². The lowest BCUT2D eigenvalue weighted by Gasteiger charge is -2.39. The number of halogens is 1. The SMILES string of the molecule is CC1CNCC(C)N1Cc1cc(Br)cc([N+](=O)[O-])c1. The lowest BCUT2D eigenvalue weighted by molar-refractivity contribution is -0.385. The Morgan fingerprint density at radius 2 is 2.00 bits per heavy atom. The maximum Gasteiger partial charge on any atom is 0.270 e. The third-order valence-corrected chi connectivity index (χ3v) is 3.99. The van der Waals surface area contributed by atoms with Crippen molar-refractivity contribution in [2.75, 3.05) is 13.1 Å². The molecule has 5 nitrogen and oxygen atoms in total. The molecule has 0 aromatic heterocycles. The van der Waals surface area contributed by atoms with E-state index >= 15 is 0 Å². The lowest BCUT2D eigenvalue weighted by Crippen LogP contribution is -2.54. The van der Waals surface area contributed by atoms with Gasteiger partial charge >= 0.3 is 0 Å². The van der Waals surface area contributed by atoms with E-state index in [4.69, 9.17) is 0 Å². The van der Waals surface area contributed by atoms with E-state index in [0.717, 1.165) is 29.7 Å². The highest BCUT2D eigenvalue weighted by Crippen LogP contribution is 2.24. The highest BCUT2D eigenvalue weighted by Gasteiger charge is 2.24. The van der Waals surface area contributed by atoms with Gasteiger partial charge in [0.2, 0.25) is 0 Å². The van der Waals surface area contributed by atoms with Crippen LogP contribution in [0, 0.1) is 10.1 Å². The minimum absolute atomic E-state index is 0.139. The van der Waals surface area contributed by atoms with Gasteiger partial charge in [-0.25, -0.2) is 0 Å². The minimum Gasteiger partial charge on any atom is -0.314 e. The fraction of sp³-hybridized carbons (Fsp3) is 0.538. The molecule has 1 N–H and O–H groups in total. The van der Waals surface area contributed by atoms with Crippen molar-refractivity contribution in [1.29, 1.82) is 0 Å². The Kier molecular flexibility index (Phi) is 4.54. The van der Waals surface area contributed by atoms with Crippen LogP contribution in [-0.4, -0.2) is 35.0 Å². The average molecular weight is 328 g/mol. The minimum atomic E-state index is -0.348. The van der Waals surface area contributed by atoms with Crippen molar-refractivity contribution in [3.63, 3.8) is 0 Å². The lowest BCUT2D eigenvalue weighted by atomic mass is 10.1. The number of nitro benzene ring substituents is 1. The van der Waals surface area contributed by atoms with E-state index in [1.165, 1.54) is 6.07 Å². The molecule has 1 aromatic carbocycles. The zero-order valence-corrected chi connectivity index (χ0v) is 12.7. The van der Waals surface area contributed by atoms with Gasteiger partial charge in [0.25, 0.3) is 5.69 Å². The van der Waals surface area contributed by atoms with Crippen LogP contribution in [0.25, 0.3) is 0 Å². The van der Waals surface area contributed by atoms with Crippen LogP contribution in [0.1, 0.15) is 19.4 Å². The van der Waals surface area contributed by atoms with E-state index in [0.29, 0.717) is 12.1 Å². The summed E-state index contributed by atoms with van der Waals surface area (Å²) in [4.78, 5) is 12.9. The van der Waals surface area contributed by atoms with Gasteiger partial charge in [-0.15, -0.1) is 0 Å². The molecule has 2 atom stereocenters. The van der Waals surface area contributed by atoms with Crippen LogP contribution in [0.4, 0.5) is 5.69 Å². The predicted octanol–water partition coefficient (Wildman–Crippen LogP) is 2.54. The molecule has 1 saturated heterocycles. The zero-order valence-electron chi connectivity index (χ0n) is 11.1. The summed E-state index contributed by atoms with van der Waals surface area (Å²) < 4.78 is 0.757. The van der Waals surface area contributed by atoms with Crippen LogP contribution in [0.2, 0.25) is 0 Å². The van der Waals surface area contributed by atoms with Gasteiger partial charge in [-0.3, -0.25) is 15.0 Å². The summed E-state index contributed by atoms with van der Waals surface area (Å²) in [5, 5.41) is 14.3. The third-order valence-electron chi connectivity index (χ3n) is 3.53. The second-order valence-electron chi connectivity index (χ2n) is 5.10. The van der Waals surface area contributed by atoms with Gasteiger partial charge < -0.3 is 5.32 Å². The van der Waals surface area contributed by atoms with Crippen LogP contribution >= 0.6 is 15.9 Å². The molecule has 1 heterocycles. The second kappa shape index (κ2) is 5.98. The summed E-state index contributed by atoms with van der Waals surface area (Å²) >= 11 is 3.34. The maximum absolute atomic E-state index is 10.9. The van der Waals surface area contributed by atoms with E-state index in [1.807, 2.05) is 6.07 Å². The molecule has 19 heavy (non-hydrogen) atoms. The van der Waals surface area contributed by atoms with E-state index in [9.17, 15) is 10.1 Å². The molecule has 0 bridgehead atoms. The molecule has 2 unspecified atom stereocenters. The highest BCUT2D eigenvalue weighted by atomic mass is 79.9. The molecular weight excluding hydrogens is 310 g/mol. The predicted molar refractivity (Wildman–Crippen MR) is 78.1 cm³/mol. The number of hydrogen-bond donors (Lipinski definition) is 1. The monoisotopic (exact) mass is 327 g/mol. The first-order chi connectivity index (χ1) is 8.97. The van der Waals surface area contributed by atoms with Gasteiger partial charge in [-0.05, 0) is 25.5 Å². The van der Waals surface area contributed by atoms with Gasteiger partial charge in [0.05, 0.1) is 4.92 Å². The van der Waals surface area contributed by atoms with Crippen LogP contribution < -0.4 is 5.32 Å².